The number of hydrogen-bond donors (Lipinski definition) is 2. The maximum absolute atomic E-state index is 12.8. The van der Waals surface area contributed by atoms with E-state index >= 15 is 0 Å². The predicted octanol–water partition coefficient (Wildman–Crippen LogP) is 2.03. The highest BCUT2D eigenvalue weighted by molar-refractivity contribution is 5.79. The van der Waals surface area contributed by atoms with Gasteiger partial charge in [0.15, 0.2) is 5.43 Å². The van der Waals surface area contributed by atoms with Crippen LogP contribution >= 0.6 is 0 Å². The van der Waals surface area contributed by atoms with Gasteiger partial charge in [0.25, 0.3) is 0 Å². The Hall–Kier alpha value is -2.70. The van der Waals surface area contributed by atoms with Crippen molar-refractivity contribution >= 4 is 16.7 Å². The molecule has 0 amide bonds. The Morgan fingerprint density at radius 1 is 1.25 bits per heavy atom. The van der Waals surface area contributed by atoms with Gasteiger partial charge in [-0.15, -0.1) is 0 Å². The molecule has 0 radical (unpaired) electrons. The van der Waals surface area contributed by atoms with Crippen molar-refractivity contribution in [3.05, 3.63) is 69.6 Å². The average molecular weight is 378 g/mol. The van der Waals surface area contributed by atoms with Gasteiger partial charge in [0.2, 0.25) is 0 Å². The fraction of sp³-hybridized carbons (Fsp3) is 0.364. The van der Waals surface area contributed by atoms with Crippen LogP contribution in [0.1, 0.15) is 16.7 Å². The van der Waals surface area contributed by atoms with Gasteiger partial charge in [-0.05, 0) is 44.1 Å². The zero-order valence-electron chi connectivity index (χ0n) is 16.4. The summed E-state index contributed by atoms with van der Waals surface area (Å²) in [6, 6.07) is 10.7. The van der Waals surface area contributed by atoms with Gasteiger partial charge in [-0.1, -0.05) is 24.3 Å². The zero-order chi connectivity index (χ0) is 19.7. The summed E-state index contributed by atoms with van der Waals surface area (Å²) in [7, 11) is 4.01. The SMILES string of the molecule is CN(C)CCn1cc(CO)c(=O)c2cc(NC3Cc4ccccc4C3)cnc21. The van der Waals surface area contributed by atoms with Gasteiger partial charge in [0.05, 0.1) is 23.9 Å². The number of aliphatic hydroxyl groups is 1. The molecule has 4 rings (SSSR count). The minimum Gasteiger partial charge on any atom is -0.391 e. The third kappa shape index (κ3) is 3.66. The first-order valence-electron chi connectivity index (χ1n) is 9.66. The molecular formula is C22H26N4O2. The predicted molar refractivity (Wildman–Crippen MR) is 112 cm³/mol. The molecule has 28 heavy (non-hydrogen) atoms. The quantitative estimate of drug-likeness (QED) is 0.687. The van der Waals surface area contributed by atoms with Gasteiger partial charge in [0.1, 0.15) is 5.65 Å². The molecule has 1 aliphatic rings. The number of pyridine rings is 2. The monoisotopic (exact) mass is 378 g/mol. The van der Waals surface area contributed by atoms with Crippen LogP contribution in [0.2, 0.25) is 0 Å². The summed E-state index contributed by atoms with van der Waals surface area (Å²) in [5, 5.41) is 13.7. The molecule has 0 unspecified atom stereocenters. The third-order valence-electron chi connectivity index (χ3n) is 5.37. The summed E-state index contributed by atoms with van der Waals surface area (Å²) < 4.78 is 1.96. The van der Waals surface area contributed by atoms with Gasteiger partial charge in [0, 0.05) is 30.9 Å². The van der Waals surface area contributed by atoms with E-state index in [0.29, 0.717) is 29.2 Å². The lowest BCUT2D eigenvalue weighted by molar-refractivity contribution is 0.279. The Bertz CT molecular complexity index is 1030. The van der Waals surface area contributed by atoms with Gasteiger partial charge in [-0.2, -0.15) is 0 Å². The second-order valence-electron chi connectivity index (χ2n) is 7.75. The van der Waals surface area contributed by atoms with Crippen molar-refractivity contribution in [3.8, 4) is 0 Å². The standard InChI is InChI=1S/C22H26N4O2/c1-25(2)7-8-26-13-17(14-27)21(28)20-11-19(12-23-22(20)26)24-18-9-15-5-3-4-6-16(15)10-18/h3-6,11-13,18,24,27H,7-10,14H2,1-2H3. The number of aliphatic hydroxyl groups excluding tert-OH is 1. The number of aromatic nitrogens is 2. The molecule has 1 aliphatic carbocycles. The molecule has 0 saturated heterocycles. The molecule has 0 fully saturated rings. The number of benzene rings is 1. The molecule has 0 saturated carbocycles. The lowest BCUT2D eigenvalue weighted by atomic mass is 10.1. The lowest BCUT2D eigenvalue weighted by Gasteiger charge is -2.17. The minimum atomic E-state index is -0.271. The molecule has 2 N–H and O–H groups in total. The van der Waals surface area contributed by atoms with Crippen molar-refractivity contribution in [1.82, 2.24) is 14.5 Å². The smallest absolute Gasteiger partial charge is 0.196 e. The molecule has 0 bridgehead atoms. The van der Waals surface area contributed by atoms with Crippen LogP contribution in [0.5, 0.6) is 0 Å². The number of hydrogen-bond acceptors (Lipinski definition) is 5. The Balaban J connectivity index is 1.64. The van der Waals surface area contributed by atoms with Gasteiger partial charge >= 0.3 is 0 Å². The maximum Gasteiger partial charge on any atom is 0.196 e. The van der Waals surface area contributed by atoms with Crippen LogP contribution in [-0.2, 0) is 26.0 Å². The van der Waals surface area contributed by atoms with E-state index in [-0.39, 0.29) is 12.0 Å². The van der Waals surface area contributed by atoms with Crippen LogP contribution in [0.4, 0.5) is 5.69 Å². The van der Waals surface area contributed by atoms with E-state index in [1.807, 2.05) is 24.7 Å². The Morgan fingerprint density at radius 2 is 1.96 bits per heavy atom. The van der Waals surface area contributed by atoms with Crippen LogP contribution in [-0.4, -0.2) is 46.2 Å². The maximum atomic E-state index is 12.8. The number of rotatable bonds is 6. The molecule has 6 heteroatoms. The minimum absolute atomic E-state index is 0.149. The lowest BCUT2D eigenvalue weighted by Crippen LogP contribution is -2.23. The summed E-state index contributed by atoms with van der Waals surface area (Å²) in [5.41, 5.74) is 4.51. The topological polar surface area (TPSA) is 70.4 Å². The second-order valence-corrected chi connectivity index (χ2v) is 7.75. The van der Waals surface area contributed by atoms with Crippen molar-refractivity contribution in [3.63, 3.8) is 0 Å². The highest BCUT2D eigenvalue weighted by Gasteiger charge is 2.21. The van der Waals surface area contributed by atoms with Crippen molar-refractivity contribution in [2.45, 2.75) is 32.0 Å². The highest BCUT2D eigenvalue weighted by Crippen LogP contribution is 2.25. The van der Waals surface area contributed by atoms with Crippen LogP contribution < -0.4 is 10.7 Å². The number of anilines is 1. The summed E-state index contributed by atoms with van der Waals surface area (Å²) in [5.74, 6) is 0. The van der Waals surface area contributed by atoms with Crippen LogP contribution in [0.3, 0.4) is 0 Å². The average Bonchev–Trinajstić information content (AvgIpc) is 3.10. The fourth-order valence-corrected chi connectivity index (χ4v) is 3.90. The molecule has 1 aromatic carbocycles. The van der Waals surface area contributed by atoms with Crippen molar-refractivity contribution in [1.29, 1.82) is 0 Å². The Morgan fingerprint density at radius 3 is 2.61 bits per heavy atom. The number of likely N-dealkylation sites (N-methyl/N-ethyl adjacent to an activating group) is 1. The number of nitrogens with zero attached hydrogens (tertiary/aromatic N) is 3. The van der Waals surface area contributed by atoms with Crippen molar-refractivity contribution < 1.29 is 5.11 Å². The fourth-order valence-electron chi connectivity index (χ4n) is 3.90. The number of nitrogens with one attached hydrogen (secondary N) is 1. The highest BCUT2D eigenvalue weighted by atomic mass is 16.3. The molecule has 6 nitrogen and oxygen atoms in total. The van der Waals surface area contributed by atoms with E-state index in [0.717, 1.165) is 25.1 Å². The second kappa shape index (κ2) is 7.73. The van der Waals surface area contributed by atoms with E-state index in [2.05, 4.69) is 39.5 Å². The summed E-state index contributed by atoms with van der Waals surface area (Å²) in [4.78, 5) is 19.4. The van der Waals surface area contributed by atoms with E-state index in [9.17, 15) is 9.90 Å². The van der Waals surface area contributed by atoms with Crippen LogP contribution in [0.25, 0.3) is 11.0 Å². The molecule has 146 valence electrons. The molecule has 0 spiro atoms. The molecule has 3 aromatic rings. The van der Waals surface area contributed by atoms with E-state index in [1.54, 1.807) is 12.4 Å². The summed E-state index contributed by atoms with van der Waals surface area (Å²) in [6.07, 6.45) is 5.47. The van der Waals surface area contributed by atoms with Gasteiger partial charge in [-0.3, -0.25) is 4.79 Å². The van der Waals surface area contributed by atoms with E-state index in [4.69, 9.17) is 0 Å². The Labute approximate surface area is 164 Å². The first-order chi connectivity index (χ1) is 13.5. The van der Waals surface area contributed by atoms with E-state index in [1.165, 1.54) is 11.1 Å². The van der Waals surface area contributed by atoms with Crippen LogP contribution in [0, 0.1) is 0 Å². The zero-order valence-corrected chi connectivity index (χ0v) is 16.4. The summed E-state index contributed by atoms with van der Waals surface area (Å²) >= 11 is 0. The van der Waals surface area contributed by atoms with Crippen molar-refractivity contribution in [2.75, 3.05) is 26.0 Å². The Kier molecular flexibility index (Phi) is 5.15. The molecule has 2 aromatic heterocycles. The largest absolute Gasteiger partial charge is 0.391 e. The van der Waals surface area contributed by atoms with Crippen LogP contribution in [0.15, 0.2) is 47.5 Å². The van der Waals surface area contributed by atoms with Gasteiger partial charge in [-0.25, -0.2) is 4.98 Å². The molecular weight excluding hydrogens is 352 g/mol. The number of fused-ring (bicyclic) bond motifs is 2. The normalized spacial score (nSPS) is 14.0. The van der Waals surface area contributed by atoms with E-state index < -0.39 is 0 Å². The summed E-state index contributed by atoms with van der Waals surface area (Å²) in [6.45, 7) is 1.26. The third-order valence-corrected chi connectivity index (χ3v) is 5.37. The molecule has 0 atom stereocenters. The first kappa shape index (κ1) is 18.7. The van der Waals surface area contributed by atoms with Crippen molar-refractivity contribution in [2.24, 2.45) is 0 Å². The van der Waals surface area contributed by atoms with Gasteiger partial charge < -0.3 is 19.9 Å². The molecule has 2 heterocycles. The molecule has 0 aliphatic heterocycles. The first-order valence-corrected chi connectivity index (χ1v) is 9.66.